The summed E-state index contributed by atoms with van der Waals surface area (Å²) in [5.74, 6) is -0.00771. The summed E-state index contributed by atoms with van der Waals surface area (Å²) in [5.41, 5.74) is 2.45. The first-order valence-corrected chi connectivity index (χ1v) is 12.7. The molecule has 0 N–H and O–H groups in total. The quantitative estimate of drug-likeness (QED) is 0.373. The van der Waals surface area contributed by atoms with Crippen molar-refractivity contribution < 1.29 is 22.6 Å². The highest BCUT2D eigenvalue weighted by Crippen LogP contribution is 2.38. The van der Waals surface area contributed by atoms with E-state index < -0.39 is 0 Å². The SMILES string of the molecule is CC1Oc2ccc(F)cc2COC12CCN(CCCC(c1ccc(F)cc1)c1ccc(F)cc1)CC2. The van der Waals surface area contributed by atoms with E-state index in [4.69, 9.17) is 9.47 Å². The van der Waals surface area contributed by atoms with E-state index in [0.717, 1.165) is 62.0 Å². The van der Waals surface area contributed by atoms with Crippen molar-refractivity contribution in [3.05, 3.63) is 101 Å². The van der Waals surface area contributed by atoms with Crippen molar-refractivity contribution in [2.75, 3.05) is 19.6 Å². The van der Waals surface area contributed by atoms with Gasteiger partial charge in [0.25, 0.3) is 0 Å². The molecular formula is C30H32F3NO2. The number of piperidine rings is 1. The van der Waals surface area contributed by atoms with Crippen LogP contribution in [0.4, 0.5) is 13.2 Å². The van der Waals surface area contributed by atoms with Crippen molar-refractivity contribution in [3.63, 3.8) is 0 Å². The third-order valence-corrected chi connectivity index (χ3v) is 7.80. The predicted molar refractivity (Wildman–Crippen MR) is 134 cm³/mol. The van der Waals surface area contributed by atoms with Gasteiger partial charge in [0.15, 0.2) is 0 Å². The fourth-order valence-corrected chi connectivity index (χ4v) is 5.55. The fourth-order valence-electron chi connectivity index (χ4n) is 5.55. The molecule has 0 amide bonds. The van der Waals surface area contributed by atoms with Gasteiger partial charge in [0.2, 0.25) is 0 Å². The Hall–Kier alpha value is -2.83. The largest absolute Gasteiger partial charge is 0.487 e. The predicted octanol–water partition coefficient (Wildman–Crippen LogP) is 6.85. The Morgan fingerprint density at radius 3 is 2.06 bits per heavy atom. The minimum atomic E-state index is -0.378. The van der Waals surface area contributed by atoms with Crippen LogP contribution in [0.3, 0.4) is 0 Å². The van der Waals surface area contributed by atoms with E-state index in [0.29, 0.717) is 12.4 Å². The zero-order valence-electron chi connectivity index (χ0n) is 20.6. The minimum absolute atomic E-state index is 0.0832. The lowest BCUT2D eigenvalue weighted by Gasteiger charge is -2.43. The Balaban J connectivity index is 1.19. The number of benzene rings is 3. The molecule has 1 spiro atoms. The van der Waals surface area contributed by atoms with E-state index in [9.17, 15) is 13.2 Å². The van der Waals surface area contributed by atoms with Crippen LogP contribution in [0.25, 0.3) is 0 Å². The molecule has 3 aromatic rings. The van der Waals surface area contributed by atoms with E-state index in [1.807, 2.05) is 31.2 Å². The average molecular weight is 496 g/mol. The molecule has 0 radical (unpaired) electrons. The smallest absolute Gasteiger partial charge is 0.125 e. The van der Waals surface area contributed by atoms with Gasteiger partial charge in [-0.2, -0.15) is 0 Å². The van der Waals surface area contributed by atoms with E-state index >= 15 is 0 Å². The highest BCUT2D eigenvalue weighted by atomic mass is 19.1. The second-order valence-corrected chi connectivity index (χ2v) is 10.0. The number of nitrogens with zero attached hydrogens (tertiary/aromatic N) is 1. The molecule has 0 aliphatic carbocycles. The first kappa shape index (κ1) is 24.8. The Morgan fingerprint density at radius 1 is 0.861 bits per heavy atom. The Labute approximate surface area is 210 Å². The molecule has 6 heteroatoms. The van der Waals surface area contributed by atoms with Gasteiger partial charge >= 0.3 is 0 Å². The highest BCUT2D eigenvalue weighted by molar-refractivity contribution is 5.35. The zero-order chi connectivity index (χ0) is 25.1. The maximum absolute atomic E-state index is 13.7. The number of rotatable bonds is 6. The van der Waals surface area contributed by atoms with Crippen molar-refractivity contribution >= 4 is 0 Å². The van der Waals surface area contributed by atoms with Crippen molar-refractivity contribution in [1.82, 2.24) is 4.90 Å². The number of likely N-dealkylation sites (tertiary alicyclic amines) is 1. The maximum atomic E-state index is 13.7. The number of halogens is 3. The molecule has 2 heterocycles. The van der Waals surface area contributed by atoms with Gasteiger partial charge in [-0.3, -0.25) is 0 Å². The molecule has 0 saturated carbocycles. The van der Waals surface area contributed by atoms with Crippen LogP contribution in [-0.2, 0) is 11.3 Å². The molecule has 1 unspecified atom stereocenters. The number of hydrogen-bond donors (Lipinski definition) is 0. The summed E-state index contributed by atoms with van der Waals surface area (Å²) in [7, 11) is 0. The monoisotopic (exact) mass is 495 g/mol. The molecule has 2 aliphatic heterocycles. The Bertz CT molecular complexity index is 1110. The van der Waals surface area contributed by atoms with Gasteiger partial charge in [0, 0.05) is 24.6 Å². The molecule has 3 nitrogen and oxygen atoms in total. The Morgan fingerprint density at radius 2 is 1.44 bits per heavy atom. The summed E-state index contributed by atoms with van der Waals surface area (Å²) in [6.07, 6.45) is 3.43. The summed E-state index contributed by atoms with van der Waals surface area (Å²) in [6, 6.07) is 17.8. The standard InChI is InChI=1S/C30H32F3NO2/c1-21-30(35-20-24-19-27(33)12-13-29(24)36-21)14-17-34(18-15-30)16-2-3-28(22-4-8-25(31)9-5-22)23-6-10-26(32)11-7-23/h4-13,19,21,28H,2-3,14-18,20H2,1H3. The van der Waals surface area contributed by atoms with Gasteiger partial charge in [0.05, 0.1) is 6.61 Å². The second kappa shape index (κ2) is 10.7. The highest BCUT2D eigenvalue weighted by Gasteiger charge is 2.43. The van der Waals surface area contributed by atoms with E-state index in [1.165, 1.54) is 36.4 Å². The van der Waals surface area contributed by atoms with Crippen LogP contribution in [0.2, 0.25) is 0 Å². The molecule has 0 aromatic heterocycles. The normalized spacial score (nSPS) is 19.6. The molecule has 2 aliphatic rings. The summed E-state index contributed by atoms with van der Waals surface area (Å²) in [6.45, 7) is 5.14. The van der Waals surface area contributed by atoms with E-state index in [2.05, 4.69) is 4.90 Å². The van der Waals surface area contributed by atoms with Crippen LogP contribution < -0.4 is 4.74 Å². The fraction of sp³-hybridized carbons (Fsp3) is 0.400. The Kier molecular flexibility index (Phi) is 7.35. The van der Waals surface area contributed by atoms with E-state index in [1.54, 1.807) is 6.07 Å². The number of fused-ring (bicyclic) bond motifs is 1. The van der Waals surface area contributed by atoms with Crippen LogP contribution in [0.1, 0.15) is 55.2 Å². The van der Waals surface area contributed by atoms with E-state index in [-0.39, 0.29) is 35.1 Å². The van der Waals surface area contributed by atoms with Gasteiger partial charge < -0.3 is 14.4 Å². The first-order valence-electron chi connectivity index (χ1n) is 12.7. The van der Waals surface area contributed by atoms with Gasteiger partial charge in [-0.1, -0.05) is 24.3 Å². The molecule has 0 bridgehead atoms. The molecule has 190 valence electrons. The van der Waals surface area contributed by atoms with Crippen LogP contribution >= 0.6 is 0 Å². The lowest BCUT2D eigenvalue weighted by atomic mass is 9.85. The minimum Gasteiger partial charge on any atom is -0.487 e. The summed E-state index contributed by atoms with van der Waals surface area (Å²) < 4.78 is 53.3. The molecule has 1 atom stereocenters. The van der Waals surface area contributed by atoms with Gasteiger partial charge in [-0.05, 0) is 92.7 Å². The van der Waals surface area contributed by atoms with Gasteiger partial charge in [-0.15, -0.1) is 0 Å². The third-order valence-electron chi connectivity index (χ3n) is 7.80. The summed E-state index contributed by atoms with van der Waals surface area (Å²) in [4.78, 5) is 2.45. The molecule has 36 heavy (non-hydrogen) atoms. The maximum Gasteiger partial charge on any atom is 0.125 e. The number of hydrogen-bond acceptors (Lipinski definition) is 3. The van der Waals surface area contributed by atoms with Crippen molar-refractivity contribution in [1.29, 1.82) is 0 Å². The zero-order valence-corrected chi connectivity index (χ0v) is 20.6. The molecule has 1 saturated heterocycles. The topological polar surface area (TPSA) is 21.7 Å². The second-order valence-electron chi connectivity index (χ2n) is 10.0. The average Bonchev–Trinajstić information content (AvgIpc) is 3.01. The van der Waals surface area contributed by atoms with Gasteiger partial charge in [-0.25, -0.2) is 13.2 Å². The summed E-state index contributed by atoms with van der Waals surface area (Å²) in [5, 5.41) is 0. The molecule has 5 rings (SSSR count). The van der Waals surface area contributed by atoms with Crippen molar-refractivity contribution in [3.8, 4) is 5.75 Å². The lowest BCUT2D eigenvalue weighted by Crippen LogP contribution is -2.53. The molecular weight excluding hydrogens is 463 g/mol. The first-order chi connectivity index (χ1) is 17.4. The molecule has 1 fully saturated rings. The lowest BCUT2D eigenvalue weighted by molar-refractivity contribution is -0.136. The summed E-state index contributed by atoms with van der Waals surface area (Å²) >= 11 is 0. The van der Waals surface area contributed by atoms with Crippen LogP contribution in [0, 0.1) is 17.5 Å². The number of ether oxygens (including phenoxy) is 2. The van der Waals surface area contributed by atoms with Crippen LogP contribution in [0.5, 0.6) is 5.75 Å². The van der Waals surface area contributed by atoms with Crippen molar-refractivity contribution in [2.24, 2.45) is 0 Å². The van der Waals surface area contributed by atoms with Crippen LogP contribution in [-0.4, -0.2) is 36.2 Å². The molecule has 3 aromatic carbocycles. The van der Waals surface area contributed by atoms with Crippen LogP contribution in [0.15, 0.2) is 66.7 Å². The van der Waals surface area contributed by atoms with Crippen molar-refractivity contribution in [2.45, 2.75) is 56.8 Å². The third kappa shape index (κ3) is 5.45. The van der Waals surface area contributed by atoms with Gasteiger partial charge in [0.1, 0.15) is 34.9 Å².